The second kappa shape index (κ2) is 6.49. The second-order valence-electron chi connectivity index (χ2n) is 7.77. The Hall–Kier alpha value is -1.60. The Morgan fingerprint density at radius 2 is 1.17 bits per heavy atom. The maximum Gasteiger partial charge on any atom is 0.407 e. The van der Waals surface area contributed by atoms with Crippen LogP contribution in [0.15, 0.2) is 0 Å². The molecule has 2 amide bonds. The number of rotatable bonds is 2. The molecule has 23 heavy (non-hydrogen) atoms. The highest BCUT2D eigenvalue weighted by Gasteiger charge is 2.48. The van der Waals surface area contributed by atoms with Crippen molar-refractivity contribution in [1.82, 2.24) is 10.6 Å². The zero-order valence-electron chi connectivity index (χ0n) is 14.5. The van der Waals surface area contributed by atoms with Crippen LogP contribution in [0.4, 0.5) is 18.4 Å². The lowest BCUT2D eigenvalue weighted by molar-refractivity contribution is 0.00416. The van der Waals surface area contributed by atoms with Crippen molar-refractivity contribution < 1.29 is 27.8 Å². The van der Waals surface area contributed by atoms with Gasteiger partial charge in [0.2, 0.25) is 0 Å². The standard InChI is InChI=1S/C15H26F2N2O4/c1-13(2,3)22-11(20)18-9-7-15(16,17)8-10(9)19-12(21)23-14(4,5)6/h9-10H,7-8H2,1-6H3,(H,18,20)(H,19,21)/t9-,10+. The van der Waals surface area contributed by atoms with Crippen molar-refractivity contribution in [2.45, 2.75) is 83.6 Å². The van der Waals surface area contributed by atoms with Gasteiger partial charge in [0.15, 0.2) is 0 Å². The lowest BCUT2D eigenvalue weighted by Crippen LogP contribution is -2.50. The Balaban J connectivity index is 2.68. The third-order valence-corrected chi connectivity index (χ3v) is 2.93. The summed E-state index contributed by atoms with van der Waals surface area (Å²) in [5.74, 6) is -2.97. The molecule has 0 spiro atoms. The number of carbonyl (C=O) groups excluding carboxylic acids is 2. The van der Waals surface area contributed by atoms with E-state index in [4.69, 9.17) is 9.47 Å². The summed E-state index contributed by atoms with van der Waals surface area (Å²) in [4.78, 5) is 23.5. The summed E-state index contributed by atoms with van der Waals surface area (Å²) in [6.07, 6.45) is -2.72. The molecule has 0 aliphatic heterocycles. The van der Waals surface area contributed by atoms with E-state index >= 15 is 0 Å². The van der Waals surface area contributed by atoms with E-state index in [-0.39, 0.29) is 0 Å². The third kappa shape index (κ3) is 7.47. The minimum atomic E-state index is -2.97. The first kappa shape index (κ1) is 19.4. The molecule has 1 fully saturated rings. The van der Waals surface area contributed by atoms with Crippen molar-refractivity contribution >= 4 is 12.2 Å². The zero-order valence-corrected chi connectivity index (χ0v) is 14.5. The molecule has 2 N–H and O–H groups in total. The minimum absolute atomic E-state index is 0.563. The van der Waals surface area contributed by atoms with E-state index in [1.54, 1.807) is 41.5 Å². The average Bonchev–Trinajstić information content (AvgIpc) is 2.46. The average molecular weight is 336 g/mol. The van der Waals surface area contributed by atoms with Crippen LogP contribution in [0.1, 0.15) is 54.4 Å². The molecule has 0 aromatic carbocycles. The smallest absolute Gasteiger partial charge is 0.407 e. The molecule has 8 heteroatoms. The van der Waals surface area contributed by atoms with E-state index in [2.05, 4.69) is 10.6 Å². The van der Waals surface area contributed by atoms with Gasteiger partial charge >= 0.3 is 12.2 Å². The fourth-order valence-electron chi connectivity index (χ4n) is 2.23. The molecule has 0 bridgehead atoms. The summed E-state index contributed by atoms with van der Waals surface area (Å²) in [6, 6.07) is -1.85. The number of alkyl carbamates (subject to hydrolysis) is 2. The molecule has 1 saturated carbocycles. The number of nitrogens with one attached hydrogen (secondary N) is 2. The molecule has 134 valence electrons. The Labute approximate surface area is 135 Å². The van der Waals surface area contributed by atoms with Crippen LogP contribution in [-0.4, -0.2) is 41.4 Å². The van der Waals surface area contributed by atoms with Gasteiger partial charge in [0.1, 0.15) is 11.2 Å². The molecule has 2 atom stereocenters. The Morgan fingerprint density at radius 1 is 0.870 bits per heavy atom. The van der Waals surface area contributed by atoms with Crippen LogP contribution in [-0.2, 0) is 9.47 Å². The van der Waals surface area contributed by atoms with Crippen LogP contribution in [0, 0.1) is 0 Å². The maximum absolute atomic E-state index is 13.6. The number of carbonyl (C=O) groups is 2. The monoisotopic (exact) mass is 336 g/mol. The van der Waals surface area contributed by atoms with Gasteiger partial charge in [0.25, 0.3) is 5.92 Å². The molecule has 6 nitrogen and oxygen atoms in total. The quantitative estimate of drug-likeness (QED) is 0.812. The van der Waals surface area contributed by atoms with Crippen molar-refractivity contribution in [2.75, 3.05) is 0 Å². The van der Waals surface area contributed by atoms with Gasteiger partial charge < -0.3 is 20.1 Å². The van der Waals surface area contributed by atoms with Gasteiger partial charge in [-0.25, -0.2) is 18.4 Å². The van der Waals surface area contributed by atoms with Gasteiger partial charge in [0, 0.05) is 12.8 Å². The molecule has 1 aliphatic carbocycles. The lowest BCUT2D eigenvalue weighted by Gasteiger charge is -2.26. The molecule has 1 rings (SSSR count). The molecule has 0 heterocycles. The topological polar surface area (TPSA) is 76.7 Å². The number of ether oxygens (including phenoxy) is 2. The van der Waals surface area contributed by atoms with Crippen molar-refractivity contribution in [1.29, 1.82) is 0 Å². The van der Waals surface area contributed by atoms with E-state index in [1.165, 1.54) is 0 Å². The van der Waals surface area contributed by atoms with Crippen LogP contribution in [0.3, 0.4) is 0 Å². The Bertz CT molecular complexity index is 415. The van der Waals surface area contributed by atoms with Gasteiger partial charge in [-0.1, -0.05) is 0 Å². The van der Waals surface area contributed by atoms with E-state index in [1.807, 2.05) is 0 Å². The summed E-state index contributed by atoms with van der Waals surface area (Å²) in [6.45, 7) is 10.0. The first-order chi connectivity index (χ1) is 10.2. The minimum Gasteiger partial charge on any atom is -0.444 e. The summed E-state index contributed by atoms with van der Waals surface area (Å²) in [7, 11) is 0. The first-order valence-corrected chi connectivity index (χ1v) is 7.54. The van der Waals surface area contributed by atoms with Crippen LogP contribution >= 0.6 is 0 Å². The SMILES string of the molecule is CC(C)(C)OC(=O)N[C@H]1CC(F)(F)C[C@H]1NC(=O)OC(C)(C)C. The number of alkyl halides is 2. The largest absolute Gasteiger partial charge is 0.444 e. The van der Waals surface area contributed by atoms with E-state index in [9.17, 15) is 18.4 Å². The van der Waals surface area contributed by atoms with Crippen molar-refractivity contribution in [2.24, 2.45) is 0 Å². The van der Waals surface area contributed by atoms with Crippen LogP contribution in [0.5, 0.6) is 0 Å². The summed E-state index contributed by atoms with van der Waals surface area (Å²) in [5.41, 5.74) is -1.47. The van der Waals surface area contributed by atoms with Gasteiger partial charge in [-0.05, 0) is 41.5 Å². The summed E-state index contributed by atoms with van der Waals surface area (Å²) in [5, 5.41) is 4.80. The first-order valence-electron chi connectivity index (χ1n) is 7.54. The van der Waals surface area contributed by atoms with Crippen LogP contribution < -0.4 is 10.6 Å². The maximum atomic E-state index is 13.6. The van der Waals surface area contributed by atoms with Gasteiger partial charge in [-0.3, -0.25) is 0 Å². The molecule has 0 aromatic rings. The van der Waals surface area contributed by atoms with Gasteiger partial charge in [-0.2, -0.15) is 0 Å². The molecule has 0 unspecified atom stereocenters. The molecule has 1 aliphatic rings. The predicted octanol–water partition coefficient (Wildman–Crippen LogP) is 3.20. The Morgan fingerprint density at radius 3 is 1.43 bits per heavy atom. The molecule has 0 radical (unpaired) electrons. The summed E-state index contributed by atoms with van der Waals surface area (Å²) >= 11 is 0. The molecule has 0 aromatic heterocycles. The fourth-order valence-corrected chi connectivity index (χ4v) is 2.23. The Kier molecular flexibility index (Phi) is 5.49. The van der Waals surface area contributed by atoms with Crippen molar-refractivity contribution in [3.05, 3.63) is 0 Å². The summed E-state index contributed by atoms with van der Waals surface area (Å²) < 4.78 is 37.4. The van der Waals surface area contributed by atoms with Gasteiger partial charge in [0.05, 0.1) is 12.1 Å². The highest BCUT2D eigenvalue weighted by Crippen LogP contribution is 2.35. The third-order valence-electron chi connectivity index (χ3n) is 2.93. The van der Waals surface area contributed by atoms with Crippen molar-refractivity contribution in [3.8, 4) is 0 Å². The lowest BCUT2D eigenvalue weighted by atomic mass is 10.1. The highest BCUT2D eigenvalue weighted by molar-refractivity contribution is 5.70. The van der Waals surface area contributed by atoms with E-state index in [0.717, 1.165) is 0 Å². The molecular formula is C15H26F2N2O4. The fraction of sp³-hybridized carbons (Fsp3) is 0.867. The molecule has 0 saturated heterocycles. The van der Waals surface area contributed by atoms with E-state index < -0.39 is 54.2 Å². The normalized spacial score (nSPS) is 24.0. The van der Waals surface area contributed by atoms with E-state index in [0.29, 0.717) is 0 Å². The zero-order chi connectivity index (χ0) is 18.1. The number of amides is 2. The molecular weight excluding hydrogens is 310 g/mol. The highest BCUT2D eigenvalue weighted by atomic mass is 19.3. The second-order valence-corrected chi connectivity index (χ2v) is 7.77. The number of hydrogen-bond donors (Lipinski definition) is 2. The van der Waals surface area contributed by atoms with Crippen LogP contribution in [0.2, 0.25) is 0 Å². The van der Waals surface area contributed by atoms with Crippen molar-refractivity contribution in [3.63, 3.8) is 0 Å². The van der Waals surface area contributed by atoms with Crippen LogP contribution in [0.25, 0.3) is 0 Å². The number of hydrogen-bond acceptors (Lipinski definition) is 4. The predicted molar refractivity (Wildman–Crippen MR) is 80.5 cm³/mol. The van der Waals surface area contributed by atoms with Gasteiger partial charge in [-0.15, -0.1) is 0 Å². The number of halogens is 2.